The van der Waals surface area contributed by atoms with Crippen LogP contribution in [-0.2, 0) is 23.1 Å². The van der Waals surface area contributed by atoms with E-state index >= 15 is 0 Å². The van der Waals surface area contributed by atoms with Gasteiger partial charge in [-0.1, -0.05) is 17.7 Å². The Morgan fingerprint density at radius 1 is 1.10 bits per heavy atom. The molecule has 7 nitrogen and oxygen atoms in total. The van der Waals surface area contributed by atoms with Gasteiger partial charge in [-0.2, -0.15) is 0 Å². The third kappa shape index (κ3) is 4.97. The maximum absolute atomic E-state index is 12.7. The summed E-state index contributed by atoms with van der Waals surface area (Å²) >= 11 is 0. The van der Waals surface area contributed by atoms with E-state index in [9.17, 15) is 9.00 Å². The fraction of sp³-hybridized carbons (Fsp3) is 0.174. The van der Waals surface area contributed by atoms with Gasteiger partial charge >= 0.3 is 0 Å². The smallest absolute Gasteiger partial charge is 0.251 e. The number of nitrogens with zero attached hydrogens (tertiary/aromatic N) is 2. The van der Waals surface area contributed by atoms with Gasteiger partial charge in [-0.05, 0) is 50.2 Å². The van der Waals surface area contributed by atoms with Crippen molar-refractivity contribution in [2.45, 2.75) is 31.0 Å². The van der Waals surface area contributed by atoms with E-state index in [1.54, 1.807) is 36.7 Å². The number of rotatable bonds is 7. The SMILES string of the molecule is Cc1ccc(S(=O)Cc2nc(-c3ccc(C(=O)NCc4ncc[nH]4)cc3)oc2C)cc1. The van der Waals surface area contributed by atoms with Gasteiger partial charge in [0.05, 0.1) is 28.8 Å². The second-order valence-corrected chi connectivity index (χ2v) is 8.57. The first-order valence-corrected chi connectivity index (χ1v) is 11.1. The minimum atomic E-state index is -1.20. The number of aromatic amines is 1. The predicted molar refractivity (Wildman–Crippen MR) is 118 cm³/mol. The number of aromatic nitrogens is 3. The maximum Gasteiger partial charge on any atom is 0.251 e. The van der Waals surface area contributed by atoms with Crippen molar-refractivity contribution in [1.29, 1.82) is 0 Å². The third-order valence-corrected chi connectivity index (χ3v) is 6.14. The molecule has 2 aromatic heterocycles. The van der Waals surface area contributed by atoms with Gasteiger partial charge in [0.25, 0.3) is 5.91 Å². The standard InChI is InChI=1S/C23H22N4O3S/c1-15-3-9-19(10-4-15)31(29)14-20-16(2)30-23(27-20)18-7-5-17(6-8-18)22(28)26-13-21-24-11-12-25-21/h3-12H,13-14H2,1-2H3,(H,24,25)(H,26,28). The molecule has 0 fully saturated rings. The van der Waals surface area contributed by atoms with E-state index in [1.165, 1.54) is 0 Å². The first-order chi connectivity index (χ1) is 15.0. The fourth-order valence-corrected chi connectivity index (χ4v) is 4.13. The fourth-order valence-electron chi connectivity index (χ4n) is 3.01. The summed E-state index contributed by atoms with van der Waals surface area (Å²) < 4.78 is 18.5. The van der Waals surface area contributed by atoms with E-state index in [0.717, 1.165) is 16.0 Å². The lowest BCUT2D eigenvalue weighted by Crippen LogP contribution is -2.23. The molecule has 0 saturated heterocycles. The van der Waals surface area contributed by atoms with Gasteiger partial charge < -0.3 is 14.7 Å². The lowest BCUT2D eigenvalue weighted by molar-refractivity contribution is 0.0950. The normalized spacial score (nSPS) is 11.9. The van der Waals surface area contributed by atoms with Crippen molar-refractivity contribution < 1.29 is 13.4 Å². The van der Waals surface area contributed by atoms with Gasteiger partial charge in [-0.15, -0.1) is 0 Å². The molecule has 4 aromatic rings. The van der Waals surface area contributed by atoms with E-state index < -0.39 is 10.8 Å². The number of benzene rings is 2. The molecule has 2 heterocycles. The molecule has 158 valence electrons. The van der Waals surface area contributed by atoms with Crippen LogP contribution in [0.5, 0.6) is 0 Å². The number of imidazole rings is 1. The number of H-pyrrole nitrogens is 1. The van der Waals surface area contributed by atoms with Gasteiger partial charge in [0.1, 0.15) is 11.6 Å². The number of oxazole rings is 1. The molecule has 0 aliphatic heterocycles. The summed E-state index contributed by atoms with van der Waals surface area (Å²) in [6.45, 7) is 4.14. The maximum atomic E-state index is 12.7. The summed E-state index contributed by atoms with van der Waals surface area (Å²) in [7, 11) is -1.20. The number of hydrogen-bond acceptors (Lipinski definition) is 5. The highest BCUT2D eigenvalue weighted by atomic mass is 32.2. The number of carbonyl (C=O) groups excluding carboxylic acids is 1. The van der Waals surface area contributed by atoms with E-state index in [2.05, 4.69) is 20.3 Å². The number of aryl methyl sites for hydroxylation is 2. The Morgan fingerprint density at radius 2 is 1.84 bits per heavy atom. The van der Waals surface area contributed by atoms with Gasteiger partial charge in [-0.25, -0.2) is 9.97 Å². The third-order valence-electron chi connectivity index (χ3n) is 4.81. The van der Waals surface area contributed by atoms with Crippen molar-refractivity contribution in [2.75, 3.05) is 0 Å². The van der Waals surface area contributed by atoms with Crippen LogP contribution >= 0.6 is 0 Å². The molecular formula is C23H22N4O3S. The summed E-state index contributed by atoms with van der Waals surface area (Å²) in [5.74, 6) is 1.86. The van der Waals surface area contributed by atoms with Crippen LogP contribution in [0.1, 0.15) is 33.2 Å². The Kier molecular flexibility index (Phi) is 6.08. The Bertz CT molecular complexity index is 1200. The van der Waals surface area contributed by atoms with E-state index in [-0.39, 0.29) is 11.7 Å². The van der Waals surface area contributed by atoms with Crippen molar-refractivity contribution in [3.63, 3.8) is 0 Å². The zero-order valence-corrected chi connectivity index (χ0v) is 18.0. The summed E-state index contributed by atoms with van der Waals surface area (Å²) in [6, 6.07) is 14.6. The number of carbonyl (C=O) groups is 1. The molecule has 8 heteroatoms. The molecule has 0 bridgehead atoms. The van der Waals surface area contributed by atoms with Crippen LogP contribution in [0, 0.1) is 13.8 Å². The molecule has 1 amide bonds. The summed E-state index contributed by atoms with van der Waals surface area (Å²) in [5, 5.41) is 2.81. The highest BCUT2D eigenvalue weighted by Crippen LogP contribution is 2.24. The summed E-state index contributed by atoms with van der Waals surface area (Å²) in [5.41, 5.74) is 3.06. The quantitative estimate of drug-likeness (QED) is 0.459. The van der Waals surface area contributed by atoms with Gasteiger partial charge in [0, 0.05) is 28.4 Å². The molecular weight excluding hydrogens is 412 g/mol. The molecule has 4 rings (SSSR count). The first-order valence-electron chi connectivity index (χ1n) is 9.78. The molecule has 0 radical (unpaired) electrons. The van der Waals surface area contributed by atoms with Crippen LogP contribution in [0.4, 0.5) is 0 Å². The topological polar surface area (TPSA) is 101 Å². The van der Waals surface area contributed by atoms with Crippen molar-refractivity contribution in [3.05, 3.63) is 89.3 Å². The Labute approximate surface area is 182 Å². The zero-order chi connectivity index (χ0) is 21.8. The van der Waals surface area contributed by atoms with Crippen molar-refractivity contribution >= 4 is 16.7 Å². The Hall–Kier alpha value is -3.52. The van der Waals surface area contributed by atoms with Crippen molar-refractivity contribution in [3.8, 4) is 11.5 Å². The number of nitrogens with one attached hydrogen (secondary N) is 2. The van der Waals surface area contributed by atoms with Gasteiger partial charge in [-0.3, -0.25) is 9.00 Å². The van der Waals surface area contributed by atoms with Crippen LogP contribution in [0.2, 0.25) is 0 Å². The Morgan fingerprint density at radius 3 is 2.52 bits per heavy atom. The lowest BCUT2D eigenvalue weighted by atomic mass is 10.1. The molecule has 1 atom stereocenters. The van der Waals surface area contributed by atoms with Crippen molar-refractivity contribution in [2.24, 2.45) is 0 Å². The van der Waals surface area contributed by atoms with Crippen LogP contribution in [-0.4, -0.2) is 25.1 Å². The minimum absolute atomic E-state index is 0.194. The first kappa shape index (κ1) is 20.7. The number of hydrogen-bond donors (Lipinski definition) is 2. The van der Waals surface area contributed by atoms with E-state index in [1.807, 2.05) is 38.1 Å². The van der Waals surface area contributed by atoms with Crippen LogP contribution in [0.15, 0.2) is 70.2 Å². The summed E-state index contributed by atoms with van der Waals surface area (Å²) in [6.07, 6.45) is 3.35. The molecule has 0 aliphatic carbocycles. The molecule has 2 N–H and O–H groups in total. The summed E-state index contributed by atoms with van der Waals surface area (Å²) in [4.78, 5) is 24.6. The van der Waals surface area contributed by atoms with E-state index in [0.29, 0.717) is 35.3 Å². The molecule has 2 aromatic carbocycles. The van der Waals surface area contributed by atoms with Gasteiger partial charge in [0.15, 0.2) is 0 Å². The number of amides is 1. The zero-order valence-electron chi connectivity index (χ0n) is 17.2. The average molecular weight is 435 g/mol. The second-order valence-electron chi connectivity index (χ2n) is 7.12. The monoisotopic (exact) mass is 434 g/mol. The largest absolute Gasteiger partial charge is 0.441 e. The average Bonchev–Trinajstić information content (AvgIpc) is 3.42. The highest BCUT2D eigenvalue weighted by Gasteiger charge is 2.16. The van der Waals surface area contributed by atoms with Crippen LogP contribution < -0.4 is 5.32 Å². The highest BCUT2D eigenvalue weighted by molar-refractivity contribution is 7.84. The molecule has 1 unspecified atom stereocenters. The molecule has 0 spiro atoms. The molecule has 0 saturated carbocycles. The molecule has 0 aliphatic rings. The van der Waals surface area contributed by atoms with Crippen LogP contribution in [0.25, 0.3) is 11.5 Å². The second kappa shape index (κ2) is 9.09. The van der Waals surface area contributed by atoms with Crippen molar-refractivity contribution in [1.82, 2.24) is 20.3 Å². The van der Waals surface area contributed by atoms with E-state index in [4.69, 9.17) is 4.42 Å². The molecule has 31 heavy (non-hydrogen) atoms. The predicted octanol–water partition coefficient (Wildman–Crippen LogP) is 3.92. The lowest BCUT2D eigenvalue weighted by Gasteiger charge is -2.04. The van der Waals surface area contributed by atoms with Gasteiger partial charge in [0.2, 0.25) is 5.89 Å². The minimum Gasteiger partial charge on any atom is -0.441 e. The van der Waals surface area contributed by atoms with Crippen LogP contribution in [0.3, 0.4) is 0 Å². The Balaban J connectivity index is 1.43.